The zero-order valence-corrected chi connectivity index (χ0v) is 13.5. The number of benzene rings is 1. The Kier molecular flexibility index (Phi) is 5.95. The highest BCUT2D eigenvalue weighted by Gasteiger charge is 2.17. The predicted molar refractivity (Wildman–Crippen MR) is 80.0 cm³/mol. The molecule has 1 atom stereocenters. The van der Waals surface area contributed by atoms with Crippen molar-refractivity contribution in [3.05, 3.63) is 34.1 Å². The van der Waals surface area contributed by atoms with Crippen LogP contribution in [0.1, 0.15) is 26.3 Å². The number of hydrogen-bond donors (Lipinski definition) is 2. The van der Waals surface area contributed by atoms with Crippen molar-refractivity contribution in [3.8, 4) is 0 Å². The van der Waals surface area contributed by atoms with Gasteiger partial charge in [0.05, 0.1) is 4.47 Å². The second-order valence-corrected chi connectivity index (χ2v) is 6.41. The number of alkyl carbamates (subject to hydrolysis) is 1. The smallest absolute Gasteiger partial charge is 0.407 e. The number of halogens is 2. The molecule has 3 N–H and O–H groups in total. The summed E-state index contributed by atoms with van der Waals surface area (Å²) in [6, 6.07) is 4.67. The molecule has 0 saturated carbocycles. The average molecular weight is 347 g/mol. The third kappa shape index (κ3) is 5.88. The predicted octanol–water partition coefficient (Wildman–Crippen LogP) is 2.98. The van der Waals surface area contributed by atoms with Crippen LogP contribution in [0.25, 0.3) is 0 Å². The van der Waals surface area contributed by atoms with E-state index in [0.29, 0.717) is 16.5 Å². The summed E-state index contributed by atoms with van der Waals surface area (Å²) in [5, 5.41) is 2.57. The van der Waals surface area contributed by atoms with E-state index < -0.39 is 11.7 Å². The molecule has 0 radical (unpaired) electrons. The summed E-state index contributed by atoms with van der Waals surface area (Å²) in [5.41, 5.74) is 5.85. The van der Waals surface area contributed by atoms with Crippen LogP contribution in [-0.4, -0.2) is 24.3 Å². The van der Waals surface area contributed by atoms with Crippen molar-refractivity contribution in [2.75, 3.05) is 6.54 Å². The molecule has 1 aromatic rings. The molecule has 0 aliphatic heterocycles. The van der Waals surface area contributed by atoms with Gasteiger partial charge in [-0.15, -0.1) is 0 Å². The van der Waals surface area contributed by atoms with Crippen LogP contribution in [-0.2, 0) is 11.2 Å². The van der Waals surface area contributed by atoms with Gasteiger partial charge in [-0.2, -0.15) is 0 Å². The highest BCUT2D eigenvalue weighted by Crippen LogP contribution is 2.19. The summed E-state index contributed by atoms with van der Waals surface area (Å²) in [5.74, 6) is -0.319. The second kappa shape index (κ2) is 7.04. The van der Waals surface area contributed by atoms with Crippen LogP contribution in [0, 0.1) is 5.82 Å². The number of carbonyl (C=O) groups excluding carboxylic acids is 1. The van der Waals surface area contributed by atoms with Crippen LogP contribution >= 0.6 is 15.9 Å². The second-order valence-electron chi connectivity index (χ2n) is 5.56. The van der Waals surface area contributed by atoms with Crippen molar-refractivity contribution < 1.29 is 13.9 Å². The Balaban J connectivity index is 2.46. The van der Waals surface area contributed by atoms with Gasteiger partial charge in [-0.05, 0) is 54.8 Å². The minimum atomic E-state index is -0.551. The number of rotatable bonds is 4. The van der Waals surface area contributed by atoms with Gasteiger partial charge in [0.15, 0.2) is 0 Å². The quantitative estimate of drug-likeness (QED) is 0.880. The molecule has 0 aromatic heterocycles. The van der Waals surface area contributed by atoms with Gasteiger partial charge in [0.2, 0.25) is 0 Å². The van der Waals surface area contributed by atoms with Crippen LogP contribution in [0.2, 0.25) is 0 Å². The summed E-state index contributed by atoms with van der Waals surface area (Å²) >= 11 is 3.13. The number of hydrogen-bond acceptors (Lipinski definition) is 3. The van der Waals surface area contributed by atoms with Crippen LogP contribution in [0.5, 0.6) is 0 Å². The Hall–Kier alpha value is -1.14. The molecule has 0 spiro atoms. The van der Waals surface area contributed by atoms with E-state index in [1.54, 1.807) is 39.0 Å². The molecule has 0 fully saturated rings. The van der Waals surface area contributed by atoms with E-state index in [0.717, 1.165) is 0 Å². The first-order valence-corrected chi connectivity index (χ1v) is 7.13. The summed E-state index contributed by atoms with van der Waals surface area (Å²) in [6.45, 7) is 5.57. The zero-order chi connectivity index (χ0) is 15.3. The highest BCUT2D eigenvalue weighted by molar-refractivity contribution is 9.10. The Bertz CT molecular complexity index is 475. The van der Waals surface area contributed by atoms with Gasteiger partial charge >= 0.3 is 6.09 Å². The Morgan fingerprint density at radius 1 is 1.50 bits per heavy atom. The first-order chi connectivity index (χ1) is 9.19. The van der Waals surface area contributed by atoms with E-state index in [4.69, 9.17) is 10.5 Å². The highest BCUT2D eigenvalue weighted by atomic mass is 79.9. The van der Waals surface area contributed by atoms with Crippen molar-refractivity contribution in [2.24, 2.45) is 5.73 Å². The zero-order valence-electron chi connectivity index (χ0n) is 11.9. The normalized spacial score (nSPS) is 12.9. The minimum Gasteiger partial charge on any atom is -0.444 e. The Morgan fingerprint density at radius 3 is 2.75 bits per heavy atom. The van der Waals surface area contributed by atoms with Crippen molar-refractivity contribution >= 4 is 22.0 Å². The minimum absolute atomic E-state index is 0.223. The lowest BCUT2D eigenvalue weighted by Crippen LogP contribution is -2.41. The Labute approximate surface area is 127 Å². The van der Waals surface area contributed by atoms with Crippen molar-refractivity contribution in [1.82, 2.24) is 5.32 Å². The van der Waals surface area contributed by atoms with Gasteiger partial charge < -0.3 is 15.8 Å². The largest absolute Gasteiger partial charge is 0.444 e. The molecule has 1 amide bonds. The number of ether oxygens (including phenoxy) is 1. The van der Waals surface area contributed by atoms with Gasteiger partial charge in [0.1, 0.15) is 11.4 Å². The van der Waals surface area contributed by atoms with Crippen molar-refractivity contribution in [1.29, 1.82) is 0 Å². The fourth-order valence-electron chi connectivity index (χ4n) is 1.59. The molecule has 1 rings (SSSR count). The number of nitrogens with two attached hydrogens (primary N) is 1. The fourth-order valence-corrected chi connectivity index (χ4v) is 2.00. The van der Waals surface area contributed by atoms with Gasteiger partial charge in [0, 0.05) is 12.6 Å². The van der Waals surface area contributed by atoms with Crippen LogP contribution in [0.4, 0.5) is 9.18 Å². The summed E-state index contributed by atoms with van der Waals surface area (Å²) in [6.07, 6.45) is -0.191. The van der Waals surface area contributed by atoms with Gasteiger partial charge in [-0.25, -0.2) is 9.18 Å². The topological polar surface area (TPSA) is 64.3 Å². The lowest BCUT2D eigenvalue weighted by atomic mass is 10.1. The maximum absolute atomic E-state index is 13.8. The molecule has 0 aliphatic carbocycles. The monoisotopic (exact) mass is 346 g/mol. The van der Waals surface area contributed by atoms with E-state index in [-0.39, 0.29) is 18.4 Å². The molecule has 0 saturated heterocycles. The van der Waals surface area contributed by atoms with Gasteiger partial charge in [0.25, 0.3) is 0 Å². The summed E-state index contributed by atoms with van der Waals surface area (Å²) < 4.78 is 19.3. The van der Waals surface area contributed by atoms with Crippen molar-refractivity contribution in [2.45, 2.75) is 38.8 Å². The van der Waals surface area contributed by atoms with E-state index in [1.165, 1.54) is 0 Å². The maximum Gasteiger partial charge on any atom is 0.407 e. The first kappa shape index (κ1) is 16.9. The molecule has 1 aromatic carbocycles. The van der Waals surface area contributed by atoms with E-state index in [1.807, 2.05) is 0 Å². The standard InChI is InChI=1S/C14H20BrFN2O2/c1-14(2,3)20-13(19)18-8-10(17)7-9-5-4-6-11(15)12(9)16/h4-6,10H,7-8,17H2,1-3H3,(H,18,19). The number of carbonyl (C=O) groups is 1. The summed E-state index contributed by atoms with van der Waals surface area (Å²) in [4.78, 5) is 11.5. The molecule has 20 heavy (non-hydrogen) atoms. The first-order valence-electron chi connectivity index (χ1n) is 6.34. The lowest BCUT2D eigenvalue weighted by Gasteiger charge is -2.21. The molecule has 1 unspecified atom stereocenters. The average Bonchev–Trinajstić information content (AvgIpc) is 2.30. The van der Waals surface area contributed by atoms with E-state index in [9.17, 15) is 9.18 Å². The lowest BCUT2D eigenvalue weighted by molar-refractivity contribution is 0.0524. The summed E-state index contributed by atoms with van der Waals surface area (Å²) in [7, 11) is 0. The molecule has 0 aliphatic rings. The van der Waals surface area contributed by atoms with E-state index in [2.05, 4.69) is 21.2 Å². The maximum atomic E-state index is 13.8. The third-order valence-electron chi connectivity index (χ3n) is 2.42. The van der Waals surface area contributed by atoms with Crippen LogP contribution in [0.15, 0.2) is 22.7 Å². The van der Waals surface area contributed by atoms with Gasteiger partial charge in [-0.3, -0.25) is 0 Å². The SMILES string of the molecule is CC(C)(C)OC(=O)NCC(N)Cc1cccc(Br)c1F. The molecule has 4 nitrogen and oxygen atoms in total. The molecular weight excluding hydrogens is 327 g/mol. The molecule has 0 heterocycles. The number of nitrogens with one attached hydrogen (secondary N) is 1. The van der Waals surface area contributed by atoms with Crippen molar-refractivity contribution in [3.63, 3.8) is 0 Å². The number of amides is 1. The van der Waals surface area contributed by atoms with Crippen LogP contribution < -0.4 is 11.1 Å². The molecular formula is C14H20BrFN2O2. The third-order valence-corrected chi connectivity index (χ3v) is 3.03. The Morgan fingerprint density at radius 2 is 2.15 bits per heavy atom. The van der Waals surface area contributed by atoms with Crippen LogP contribution in [0.3, 0.4) is 0 Å². The molecule has 0 bridgehead atoms. The molecule has 112 valence electrons. The molecule has 6 heteroatoms. The van der Waals surface area contributed by atoms with E-state index >= 15 is 0 Å². The fraction of sp³-hybridized carbons (Fsp3) is 0.500. The van der Waals surface area contributed by atoms with Gasteiger partial charge in [-0.1, -0.05) is 12.1 Å².